The van der Waals surface area contributed by atoms with E-state index in [2.05, 4.69) is 10.0 Å². The van der Waals surface area contributed by atoms with E-state index in [1.54, 1.807) is 30.3 Å². The second-order valence-corrected chi connectivity index (χ2v) is 11.8. The Morgan fingerprint density at radius 3 is 1.88 bits per heavy atom. The Bertz CT molecular complexity index is 1590. The van der Waals surface area contributed by atoms with Gasteiger partial charge in [-0.15, -0.1) is 0 Å². The minimum absolute atomic E-state index is 0.173. The minimum Gasteiger partial charge on any atom is -0.346 e. The first-order valence-corrected chi connectivity index (χ1v) is 14.8. The molecule has 212 valence electrons. The number of halogens is 3. The Hall–Kier alpha value is -4.11. The molecule has 5 nitrogen and oxygen atoms in total. The number of benzene rings is 4. The number of aryl methyl sites for hydroxylation is 1. The average Bonchev–Trinajstić information content (AvgIpc) is 3.25. The van der Waals surface area contributed by atoms with Crippen LogP contribution in [0.3, 0.4) is 0 Å². The molecule has 0 aliphatic heterocycles. The Balaban J connectivity index is 1.30. The van der Waals surface area contributed by atoms with E-state index >= 15 is 0 Å². The van der Waals surface area contributed by atoms with Crippen LogP contribution in [0.15, 0.2) is 108 Å². The van der Waals surface area contributed by atoms with Crippen molar-refractivity contribution in [1.82, 2.24) is 5.32 Å². The summed E-state index contributed by atoms with van der Waals surface area (Å²) in [6, 6.07) is 30.0. The van der Waals surface area contributed by atoms with E-state index < -0.39 is 34.1 Å². The molecule has 4 aromatic carbocycles. The lowest BCUT2D eigenvalue weighted by Gasteiger charge is -2.31. The van der Waals surface area contributed by atoms with Crippen LogP contribution >= 0.6 is 0 Å². The van der Waals surface area contributed by atoms with E-state index in [9.17, 15) is 26.4 Å². The molecule has 0 atom stereocenters. The van der Waals surface area contributed by atoms with Gasteiger partial charge in [-0.2, -0.15) is 13.2 Å². The third-order valence-corrected chi connectivity index (χ3v) is 8.82. The summed E-state index contributed by atoms with van der Waals surface area (Å²) in [5.74, 6) is -0.651. The first kappa shape index (κ1) is 28.4. The number of hydrogen-bond donors (Lipinski definition) is 2. The standard InChI is InChI=1S/C32H29F3N2O3S/c33-32(34,35)22-36-30(38)31(28-15-6-4-13-26(28)27-14-5-7-16-29(27)31)21-9-8-10-23-17-19-24(20-18-23)37-41(39,40)25-11-2-1-3-12-25/h1-7,11-20,37H,8-10,21-22H2,(H,36,38). The summed E-state index contributed by atoms with van der Waals surface area (Å²) >= 11 is 0. The summed E-state index contributed by atoms with van der Waals surface area (Å²) in [4.78, 5) is 13.8. The molecular formula is C32H29F3N2O3S. The molecule has 0 unspecified atom stereocenters. The molecule has 4 aromatic rings. The van der Waals surface area contributed by atoms with Crippen molar-refractivity contribution >= 4 is 21.6 Å². The van der Waals surface area contributed by atoms with Crippen LogP contribution in [0.2, 0.25) is 0 Å². The number of sulfonamides is 1. The summed E-state index contributed by atoms with van der Waals surface area (Å²) in [6.07, 6.45) is -2.23. The van der Waals surface area contributed by atoms with Crippen molar-refractivity contribution in [2.24, 2.45) is 0 Å². The molecule has 0 saturated carbocycles. The topological polar surface area (TPSA) is 75.3 Å². The van der Waals surface area contributed by atoms with Crippen molar-refractivity contribution in [3.8, 4) is 11.1 Å². The maximum absolute atomic E-state index is 13.6. The summed E-state index contributed by atoms with van der Waals surface area (Å²) < 4.78 is 66.9. The average molecular weight is 579 g/mol. The first-order valence-electron chi connectivity index (χ1n) is 13.3. The van der Waals surface area contributed by atoms with Crippen LogP contribution in [0.25, 0.3) is 11.1 Å². The van der Waals surface area contributed by atoms with Gasteiger partial charge < -0.3 is 5.32 Å². The van der Waals surface area contributed by atoms with Gasteiger partial charge in [0.15, 0.2) is 0 Å². The van der Waals surface area contributed by atoms with E-state index in [0.29, 0.717) is 31.4 Å². The summed E-state index contributed by atoms with van der Waals surface area (Å²) in [5, 5.41) is 2.16. The Kier molecular flexibility index (Phi) is 7.91. The molecule has 0 bridgehead atoms. The number of carbonyl (C=O) groups excluding carboxylic acids is 1. The third kappa shape index (κ3) is 6.00. The van der Waals surface area contributed by atoms with Gasteiger partial charge in [0.05, 0.1) is 4.90 Å². The van der Waals surface area contributed by atoms with Gasteiger partial charge in [0.25, 0.3) is 10.0 Å². The molecule has 0 saturated heterocycles. The SMILES string of the molecule is O=C(NCC(F)(F)F)C1(CCCCc2ccc(NS(=O)(=O)c3ccccc3)cc2)c2ccccc2-c2ccccc21. The summed E-state index contributed by atoms with van der Waals surface area (Å²) in [6.45, 7) is -1.39. The second-order valence-electron chi connectivity index (χ2n) is 10.1. The molecule has 1 aliphatic carbocycles. The first-order chi connectivity index (χ1) is 19.6. The van der Waals surface area contributed by atoms with Crippen LogP contribution in [0.4, 0.5) is 18.9 Å². The lowest BCUT2D eigenvalue weighted by molar-refractivity contribution is -0.141. The molecule has 5 rings (SSSR count). The van der Waals surface area contributed by atoms with E-state index in [4.69, 9.17) is 0 Å². The number of amides is 1. The predicted molar refractivity (Wildman–Crippen MR) is 153 cm³/mol. The van der Waals surface area contributed by atoms with Crippen molar-refractivity contribution in [3.05, 3.63) is 120 Å². The van der Waals surface area contributed by atoms with E-state index in [1.807, 2.05) is 60.7 Å². The number of carbonyl (C=O) groups is 1. The van der Waals surface area contributed by atoms with Gasteiger partial charge in [0.1, 0.15) is 12.0 Å². The number of unbranched alkanes of at least 4 members (excludes halogenated alkanes) is 1. The van der Waals surface area contributed by atoms with Crippen LogP contribution in [-0.4, -0.2) is 27.0 Å². The van der Waals surface area contributed by atoms with Crippen LogP contribution in [0, 0.1) is 0 Å². The van der Waals surface area contributed by atoms with Crippen molar-refractivity contribution in [2.45, 2.75) is 42.2 Å². The van der Waals surface area contributed by atoms with Crippen LogP contribution < -0.4 is 10.0 Å². The Morgan fingerprint density at radius 1 is 0.732 bits per heavy atom. The van der Waals surface area contributed by atoms with Gasteiger partial charge in [-0.25, -0.2) is 8.42 Å². The highest BCUT2D eigenvalue weighted by Crippen LogP contribution is 2.51. The molecule has 1 aliphatic rings. The van der Waals surface area contributed by atoms with Crippen LogP contribution in [0.1, 0.15) is 36.0 Å². The Morgan fingerprint density at radius 2 is 1.29 bits per heavy atom. The van der Waals surface area contributed by atoms with Gasteiger partial charge in [-0.1, -0.05) is 85.3 Å². The zero-order valence-electron chi connectivity index (χ0n) is 22.1. The highest BCUT2D eigenvalue weighted by atomic mass is 32.2. The largest absolute Gasteiger partial charge is 0.405 e. The number of alkyl halides is 3. The Labute approximate surface area is 237 Å². The molecule has 41 heavy (non-hydrogen) atoms. The van der Waals surface area contributed by atoms with Gasteiger partial charge in [0.2, 0.25) is 5.91 Å². The van der Waals surface area contributed by atoms with Gasteiger partial charge in [-0.3, -0.25) is 9.52 Å². The van der Waals surface area contributed by atoms with E-state index in [0.717, 1.165) is 27.8 Å². The molecule has 9 heteroatoms. The fourth-order valence-electron chi connectivity index (χ4n) is 5.56. The molecule has 1 amide bonds. The fourth-order valence-corrected chi connectivity index (χ4v) is 6.64. The monoisotopic (exact) mass is 578 g/mol. The zero-order chi connectivity index (χ0) is 29.1. The fraction of sp³-hybridized carbons (Fsp3) is 0.219. The third-order valence-electron chi connectivity index (χ3n) is 7.43. The number of nitrogens with one attached hydrogen (secondary N) is 2. The molecule has 0 radical (unpaired) electrons. The van der Waals surface area contributed by atoms with E-state index in [-0.39, 0.29) is 4.90 Å². The maximum Gasteiger partial charge on any atom is 0.405 e. The number of anilines is 1. The normalized spacial score (nSPS) is 13.7. The number of rotatable bonds is 10. The number of fused-ring (bicyclic) bond motifs is 3. The van der Waals surface area contributed by atoms with Crippen LogP contribution in [0.5, 0.6) is 0 Å². The smallest absolute Gasteiger partial charge is 0.346 e. The van der Waals surface area contributed by atoms with Crippen molar-refractivity contribution < 1.29 is 26.4 Å². The molecular weight excluding hydrogens is 549 g/mol. The maximum atomic E-state index is 13.6. The number of hydrogen-bond acceptors (Lipinski definition) is 3. The van der Waals surface area contributed by atoms with Crippen LogP contribution in [-0.2, 0) is 26.7 Å². The lowest BCUT2D eigenvalue weighted by Crippen LogP contribution is -2.47. The lowest BCUT2D eigenvalue weighted by atomic mass is 9.73. The molecule has 2 N–H and O–H groups in total. The highest BCUT2D eigenvalue weighted by Gasteiger charge is 2.49. The van der Waals surface area contributed by atoms with Gasteiger partial charge >= 0.3 is 6.18 Å². The molecule has 0 fully saturated rings. The van der Waals surface area contributed by atoms with Gasteiger partial charge in [-0.05, 0) is 71.3 Å². The second kappa shape index (κ2) is 11.4. The van der Waals surface area contributed by atoms with E-state index in [1.165, 1.54) is 12.1 Å². The zero-order valence-corrected chi connectivity index (χ0v) is 22.9. The van der Waals surface area contributed by atoms with Crippen molar-refractivity contribution in [1.29, 1.82) is 0 Å². The molecule has 0 heterocycles. The van der Waals surface area contributed by atoms with Gasteiger partial charge in [0, 0.05) is 5.69 Å². The summed E-state index contributed by atoms with van der Waals surface area (Å²) in [5.41, 5.74) is 3.36. The highest BCUT2D eigenvalue weighted by molar-refractivity contribution is 7.92. The summed E-state index contributed by atoms with van der Waals surface area (Å²) in [7, 11) is -3.69. The predicted octanol–water partition coefficient (Wildman–Crippen LogP) is 6.85. The molecule has 0 spiro atoms. The van der Waals surface area contributed by atoms with Crippen molar-refractivity contribution in [2.75, 3.05) is 11.3 Å². The quantitative estimate of drug-likeness (QED) is 0.202. The molecule has 0 aromatic heterocycles. The van der Waals surface area contributed by atoms with Crippen molar-refractivity contribution in [3.63, 3.8) is 0 Å². The minimum atomic E-state index is -4.52.